The van der Waals surface area contributed by atoms with E-state index in [-0.39, 0.29) is 5.97 Å². The molecule has 1 aromatic heterocycles. The van der Waals surface area contributed by atoms with Gasteiger partial charge in [-0.05, 0) is 38.8 Å². The number of rotatable bonds is 5. The lowest BCUT2D eigenvalue weighted by molar-refractivity contribution is 0.0527. The van der Waals surface area contributed by atoms with Crippen LogP contribution in [0, 0.1) is 20.8 Å². The van der Waals surface area contributed by atoms with Gasteiger partial charge in [0.15, 0.2) is 0 Å². The van der Waals surface area contributed by atoms with Crippen LogP contribution in [0.5, 0.6) is 0 Å². The molecule has 0 saturated heterocycles. The topological polar surface area (TPSA) is 38.3 Å². The van der Waals surface area contributed by atoms with Gasteiger partial charge in [-0.15, -0.1) is 11.3 Å². The molecule has 0 aliphatic heterocycles. The van der Waals surface area contributed by atoms with Crippen molar-refractivity contribution in [2.24, 2.45) is 0 Å². The van der Waals surface area contributed by atoms with Crippen LogP contribution in [0.25, 0.3) is 0 Å². The fourth-order valence-electron chi connectivity index (χ4n) is 2.09. The van der Waals surface area contributed by atoms with Crippen LogP contribution in [0.15, 0.2) is 24.3 Å². The average Bonchev–Trinajstić information content (AvgIpc) is 2.74. The summed E-state index contributed by atoms with van der Waals surface area (Å²) < 4.78 is 5.16. The summed E-state index contributed by atoms with van der Waals surface area (Å²) in [7, 11) is 0. The Bertz CT molecular complexity index is 629. The maximum absolute atomic E-state index is 12.1. The largest absolute Gasteiger partial charge is 0.462 e. The Morgan fingerprint density at radius 1 is 1.19 bits per heavy atom. The maximum atomic E-state index is 12.1. The van der Waals surface area contributed by atoms with Crippen molar-refractivity contribution in [3.8, 4) is 0 Å². The van der Waals surface area contributed by atoms with Gasteiger partial charge in [-0.1, -0.05) is 29.8 Å². The van der Waals surface area contributed by atoms with Crippen LogP contribution in [0.1, 0.15) is 38.8 Å². The summed E-state index contributed by atoms with van der Waals surface area (Å²) in [5.74, 6) is -0.245. The van der Waals surface area contributed by atoms with E-state index in [2.05, 4.69) is 36.5 Å². The van der Waals surface area contributed by atoms with Crippen molar-refractivity contribution in [1.82, 2.24) is 0 Å². The fourth-order valence-corrected chi connectivity index (χ4v) is 3.13. The summed E-state index contributed by atoms with van der Waals surface area (Å²) in [5, 5.41) is 4.26. The molecular formula is C17H21NO2S. The molecule has 0 saturated carbocycles. The van der Waals surface area contributed by atoms with Crippen LogP contribution in [0.3, 0.4) is 0 Å². The number of carbonyl (C=O) groups is 1. The van der Waals surface area contributed by atoms with Crippen LogP contribution in [-0.2, 0) is 11.3 Å². The van der Waals surface area contributed by atoms with Gasteiger partial charge in [0.2, 0.25) is 0 Å². The number of carbonyl (C=O) groups excluding carboxylic acids is 1. The normalized spacial score (nSPS) is 10.5. The van der Waals surface area contributed by atoms with Gasteiger partial charge in [0.05, 0.1) is 12.2 Å². The maximum Gasteiger partial charge on any atom is 0.341 e. The highest BCUT2D eigenvalue weighted by Crippen LogP contribution is 2.33. The van der Waals surface area contributed by atoms with E-state index >= 15 is 0 Å². The standard InChI is InChI=1S/C17H21NO2S/c1-5-20-17(19)15-12(3)13(4)21-16(15)18-10-14-8-6-11(2)7-9-14/h6-9,18H,5,10H2,1-4H3. The smallest absolute Gasteiger partial charge is 0.341 e. The molecule has 0 bridgehead atoms. The molecule has 0 atom stereocenters. The van der Waals surface area contributed by atoms with Crippen molar-refractivity contribution in [3.05, 3.63) is 51.4 Å². The molecule has 0 radical (unpaired) electrons. The van der Waals surface area contributed by atoms with Crippen LogP contribution < -0.4 is 5.32 Å². The molecule has 21 heavy (non-hydrogen) atoms. The highest BCUT2D eigenvalue weighted by atomic mass is 32.1. The quantitative estimate of drug-likeness (QED) is 0.829. The van der Waals surface area contributed by atoms with E-state index in [1.54, 1.807) is 11.3 Å². The minimum Gasteiger partial charge on any atom is -0.462 e. The van der Waals surface area contributed by atoms with Crippen LogP contribution >= 0.6 is 11.3 Å². The summed E-state index contributed by atoms with van der Waals surface area (Å²) in [6.45, 7) is 8.99. The first-order chi connectivity index (χ1) is 10.0. The molecular weight excluding hydrogens is 282 g/mol. The van der Waals surface area contributed by atoms with Gasteiger partial charge in [-0.25, -0.2) is 4.79 Å². The van der Waals surface area contributed by atoms with Gasteiger partial charge >= 0.3 is 5.97 Å². The summed E-state index contributed by atoms with van der Waals surface area (Å²) in [6.07, 6.45) is 0. The number of ether oxygens (including phenoxy) is 1. The van der Waals surface area contributed by atoms with Crippen molar-refractivity contribution in [2.75, 3.05) is 11.9 Å². The number of hydrogen-bond donors (Lipinski definition) is 1. The molecule has 0 aliphatic rings. The predicted octanol–water partition coefficient (Wildman–Crippen LogP) is 4.46. The van der Waals surface area contributed by atoms with E-state index in [9.17, 15) is 4.79 Å². The molecule has 0 fully saturated rings. The van der Waals surface area contributed by atoms with Gasteiger partial charge in [0.1, 0.15) is 5.00 Å². The van der Waals surface area contributed by atoms with Crippen molar-refractivity contribution in [1.29, 1.82) is 0 Å². The Morgan fingerprint density at radius 2 is 1.86 bits per heavy atom. The summed E-state index contributed by atoms with van der Waals surface area (Å²) in [6, 6.07) is 8.38. The Morgan fingerprint density at radius 3 is 2.48 bits per heavy atom. The lowest BCUT2D eigenvalue weighted by Crippen LogP contribution is -2.09. The monoisotopic (exact) mass is 303 g/mol. The Balaban J connectivity index is 2.17. The number of thiophene rings is 1. The number of nitrogens with one attached hydrogen (secondary N) is 1. The van der Waals surface area contributed by atoms with Crippen molar-refractivity contribution >= 4 is 22.3 Å². The van der Waals surface area contributed by atoms with Gasteiger partial charge in [0, 0.05) is 11.4 Å². The number of aryl methyl sites for hydroxylation is 2. The Hall–Kier alpha value is -1.81. The number of benzene rings is 1. The van der Waals surface area contributed by atoms with Crippen molar-refractivity contribution in [3.63, 3.8) is 0 Å². The lowest BCUT2D eigenvalue weighted by Gasteiger charge is -2.08. The second-order valence-electron chi connectivity index (χ2n) is 5.05. The third-order valence-corrected chi connectivity index (χ3v) is 4.60. The Kier molecular flexibility index (Phi) is 5.02. The molecule has 2 rings (SSSR count). The zero-order valence-corrected chi connectivity index (χ0v) is 13.8. The van der Waals surface area contributed by atoms with Crippen LogP contribution in [0.4, 0.5) is 5.00 Å². The molecule has 2 aromatic rings. The minimum atomic E-state index is -0.245. The SMILES string of the molecule is CCOC(=O)c1c(NCc2ccc(C)cc2)sc(C)c1C. The highest BCUT2D eigenvalue weighted by molar-refractivity contribution is 7.16. The molecule has 112 valence electrons. The first-order valence-electron chi connectivity index (χ1n) is 7.09. The molecule has 1 aromatic carbocycles. The lowest BCUT2D eigenvalue weighted by atomic mass is 10.1. The number of anilines is 1. The van der Waals surface area contributed by atoms with E-state index in [1.807, 2.05) is 20.8 Å². The minimum absolute atomic E-state index is 0.245. The third kappa shape index (κ3) is 3.64. The third-order valence-electron chi connectivity index (χ3n) is 3.44. The average molecular weight is 303 g/mol. The molecule has 3 nitrogen and oxygen atoms in total. The van der Waals surface area contributed by atoms with Gasteiger partial charge < -0.3 is 10.1 Å². The molecule has 0 aliphatic carbocycles. The van der Waals surface area contributed by atoms with Gasteiger partial charge in [0.25, 0.3) is 0 Å². The molecule has 1 heterocycles. The molecule has 0 amide bonds. The highest BCUT2D eigenvalue weighted by Gasteiger charge is 2.20. The number of hydrogen-bond acceptors (Lipinski definition) is 4. The van der Waals surface area contributed by atoms with Crippen molar-refractivity contribution in [2.45, 2.75) is 34.2 Å². The van der Waals surface area contributed by atoms with Crippen LogP contribution in [0.2, 0.25) is 0 Å². The fraction of sp³-hybridized carbons (Fsp3) is 0.353. The summed E-state index contributed by atoms with van der Waals surface area (Å²) >= 11 is 1.61. The zero-order valence-electron chi connectivity index (χ0n) is 12.9. The second-order valence-corrected chi connectivity index (χ2v) is 6.27. The number of esters is 1. The summed E-state index contributed by atoms with van der Waals surface area (Å²) in [4.78, 5) is 13.2. The van der Waals surface area contributed by atoms with Gasteiger partial charge in [-0.3, -0.25) is 0 Å². The van der Waals surface area contributed by atoms with E-state index in [1.165, 1.54) is 11.1 Å². The van der Waals surface area contributed by atoms with Gasteiger partial charge in [-0.2, -0.15) is 0 Å². The van der Waals surface area contributed by atoms with E-state index in [0.29, 0.717) is 18.7 Å². The van der Waals surface area contributed by atoms with E-state index in [4.69, 9.17) is 4.74 Å². The van der Waals surface area contributed by atoms with Crippen molar-refractivity contribution < 1.29 is 9.53 Å². The molecule has 1 N–H and O–H groups in total. The molecule has 4 heteroatoms. The first-order valence-corrected chi connectivity index (χ1v) is 7.91. The van der Waals surface area contributed by atoms with E-state index < -0.39 is 0 Å². The second kappa shape index (κ2) is 6.76. The predicted molar refractivity (Wildman–Crippen MR) is 88.3 cm³/mol. The van der Waals surface area contributed by atoms with E-state index in [0.717, 1.165) is 15.4 Å². The first kappa shape index (κ1) is 15.6. The molecule has 0 unspecified atom stereocenters. The zero-order chi connectivity index (χ0) is 15.4. The Labute approximate surface area is 130 Å². The summed E-state index contributed by atoms with van der Waals surface area (Å²) in [5.41, 5.74) is 4.12. The molecule has 0 spiro atoms. The van der Waals surface area contributed by atoms with Crippen LogP contribution in [-0.4, -0.2) is 12.6 Å².